The highest BCUT2D eigenvalue weighted by Gasteiger charge is 2.44. The van der Waals surface area contributed by atoms with Crippen LogP contribution in [0.2, 0.25) is 0 Å². The Labute approximate surface area is 125 Å². The molecule has 0 aliphatic heterocycles. The van der Waals surface area contributed by atoms with Crippen molar-refractivity contribution in [3.05, 3.63) is 29.8 Å². The van der Waals surface area contributed by atoms with Crippen molar-refractivity contribution in [2.75, 3.05) is 10.2 Å². The quantitative estimate of drug-likeness (QED) is 0.796. The zero-order valence-corrected chi connectivity index (χ0v) is 12.4. The third kappa shape index (κ3) is 4.60. The molecule has 0 aliphatic rings. The summed E-state index contributed by atoms with van der Waals surface area (Å²) in [6, 6.07) is 5.26. The number of benzene rings is 1. The smallest absolute Gasteiger partial charge is 0.326 e. The Morgan fingerprint density at radius 1 is 1.27 bits per heavy atom. The van der Waals surface area contributed by atoms with Gasteiger partial charge in [0.1, 0.15) is 0 Å². The summed E-state index contributed by atoms with van der Waals surface area (Å²) in [4.78, 5) is 15.0. The van der Waals surface area contributed by atoms with Gasteiger partial charge in [-0.05, 0) is 24.1 Å². The lowest BCUT2D eigenvalue weighted by Crippen LogP contribution is -2.39. The van der Waals surface area contributed by atoms with Crippen LogP contribution >= 0.6 is 0 Å². The maximum Gasteiger partial charge on any atom is 0.493 e. The van der Waals surface area contributed by atoms with Crippen molar-refractivity contribution in [3.8, 4) is 0 Å². The summed E-state index contributed by atoms with van der Waals surface area (Å²) in [5, 5.41) is 0. The van der Waals surface area contributed by atoms with E-state index >= 15 is 0 Å². The Morgan fingerprint density at radius 3 is 2.23 bits per heavy atom. The summed E-state index contributed by atoms with van der Waals surface area (Å²) in [6.07, 6.45) is -5.17. The van der Waals surface area contributed by atoms with Gasteiger partial charge >= 0.3 is 12.1 Å². The number of nitrogens with two attached hydrogens (primary N) is 1. The first-order valence-corrected chi connectivity index (χ1v) is 7.84. The van der Waals surface area contributed by atoms with Crippen LogP contribution in [0.15, 0.2) is 24.3 Å². The molecule has 0 amide bonds. The second kappa shape index (κ2) is 6.97. The Kier molecular flexibility index (Phi) is 5.78. The number of hydrogen-bond acceptors (Lipinski definition) is 5. The van der Waals surface area contributed by atoms with Crippen LogP contribution in [-0.4, -0.2) is 26.3 Å². The summed E-state index contributed by atoms with van der Waals surface area (Å²) < 4.78 is 60.9. The van der Waals surface area contributed by atoms with E-state index in [1.54, 1.807) is 0 Å². The molecule has 0 saturated carbocycles. The van der Waals surface area contributed by atoms with Gasteiger partial charge in [-0.3, -0.25) is 0 Å². The molecular weight excluding hydrogens is 325 g/mol. The summed E-state index contributed by atoms with van der Waals surface area (Å²) in [6.45, 7) is 1.70. The average molecular weight is 340 g/mol. The summed E-state index contributed by atoms with van der Waals surface area (Å²) >= 11 is 0. The van der Waals surface area contributed by atoms with Gasteiger partial charge in [-0.15, -0.1) is 0 Å². The van der Waals surface area contributed by atoms with Gasteiger partial charge in [-0.2, -0.15) is 13.2 Å². The third-order valence-electron chi connectivity index (χ3n) is 2.49. The molecule has 1 rings (SSSR count). The number of nitrogens with zero attached hydrogens (tertiary/aromatic N) is 1. The number of carbonyl (C=O) groups is 1. The van der Waals surface area contributed by atoms with Crippen LogP contribution in [0.25, 0.3) is 0 Å². The number of halogens is 3. The van der Waals surface area contributed by atoms with Crippen LogP contribution in [0.1, 0.15) is 18.9 Å². The molecule has 2 N–H and O–H groups in total. The SMILES string of the molecule is CCCS(=O)(=O)N(OC(=O)C(F)(F)F)c1ccc(CN)cc1. The first-order chi connectivity index (χ1) is 10.1. The van der Waals surface area contributed by atoms with Crippen molar-refractivity contribution in [1.82, 2.24) is 0 Å². The highest BCUT2D eigenvalue weighted by Crippen LogP contribution is 2.24. The molecule has 6 nitrogen and oxygen atoms in total. The van der Waals surface area contributed by atoms with Gasteiger partial charge in [0.15, 0.2) is 0 Å². The Morgan fingerprint density at radius 2 is 1.82 bits per heavy atom. The molecule has 10 heteroatoms. The predicted molar refractivity (Wildman–Crippen MR) is 73.0 cm³/mol. The number of alkyl halides is 3. The Hall–Kier alpha value is -1.81. The molecule has 124 valence electrons. The molecule has 0 heterocycles. The first-order valence-electron chi connectivity index (χ1n) is 6.23. The molecule has 22 heavy (non-hydrogen) atoms. The van der Waals surface area contributed by atoms with E-state index in [0.29, 0.717) is 5.56 Å². The van der Waals surface area contributed by atoms with Crippen LogP contribution in [-0.2, 0) is 26.2 Å². The van der Waals surface area contributed by atoms with E-state index in [1.807, 2.05) is 0 Å². The minimum Gasteiger partial charge on any atom is -0.326 e. The monoisotopic (exact) mass is 340 g/mol. The van der Waals surface area contributed by atoms with Crippen LogP contribution < -0.4 is 10.2 Å². The van der Waals surface area contributed by atoms with Gasteiger partial charge < -0.3 is 10.6 Å². The van der Waals surface area contributed by atoms with E-state index in [4.69, 9.17) is 5.73 Å². The van der Waals surface area contributed by atoms with Gasteiger partial charge in [0.25, 0.3) is 10.0 Å². The number of anilines is 1. The van der Waals surface area contributed by atoms with Gasteiger partial charge in [-0.25, -0.2) is 13.2 Å². The van der Waals surface area contributed by atoms with E-state index in [-0.39, 0.29) is 23.1 Å². The Bertz CT molecular complexity index is 614. The van der Waals surface area contributed by atoms with Crippen LogP contribution in [0.4, 0.5) is 18.9 Å². The van der Waals surface area contributed by atoms with Crippen LogP contribution in [0.5, 0.6) is 0 Å². The fraction of sp³-hybridized carbons (Fsp3) is 0.417. The van der Waals surface area contributed by atoms with Gasteiger partial charge in [-0.1, -0.05) is 23.5 Å². The van der Waals surface area contributed by atoms with E-state index in [2.05, 4.69) is 4.84 Å². The highest BCUT2D eigenvalue weighted by molar-refractivity contribution is 7.92. The maximum absolute atomic E-state index is 12.3. The molecule has 0 atom stereocenters. The second-order valence-electron chi connectivity index (χ2n) is 4.29. The van der Waals surface area contributed by atoms with Crippen molar-refractivity contribution < 1.29 is 31.2 Å². The molecule has 0 aromatic heterocycles. The van der Waals surface area contributed by atoms with Crippen molar-refractivity contribution >= 4 is 21.7 Å². The number of hydrogen-bond donors (Lipinski definition) is 1. The molecule has 1 aromatic rings. The average Bonchev–Trinajstić information content (AvgIpc) is 2.43. The highest BCUT2D eigenvalue weighted by atomic mass is 32.2. The lowest BCUT2D eigenvalue weighted by atomic mass is 10.2. The largest absolute Gasteiger partial charge is 0.493 e. The molecule has 0 saturated heterocycles. The van der Waals surface area contributed by atoms with Gasteiger partial charge in [0.2, 0.25) is 0 Å². The van der Waals surface area contributed by atoms with E-state index in [1.165, 1.54) is 31.2 Å². The maximum atomic E-state index is 12.3. The molecule has 0 aliphatic carbocycles. The van der Waals surface area contributed by atoms with Crippen molar-refractivity contribution in [2.24, 2.45) is 5.73 Å². The number of carbonyl (C=O) groups excluding carboxylic acids is 1. The van der Waals surface area contributed by atoms with Crippen molar-refractivity contribution in [2.45, 2.75) is 26.1 Å². The minimum absolute atomic E-state index is 0.00732. The van der Waals surface area contributed by atoms with E-state index < -0.39 is 27.9 Å². The number of sulfonamides is 1. The summed E-state index contributed by atoms with van der Waals surface area (Å²) in [5.41, 5.74) is 5.80. The van der Waals surface area contributed by atoms with Crippen LogP contribution in [0, 0.1) is 0 Å². The molecule has 0 fully saturated rings. The normalized spacial score (nSPS) is 12.0. The zero-order chi connectivity index (χ0) is 17.0. The minimum atomic E-state index is -5.31. The van der Waals surface area contributed by atoms with Crippen molar-refractivity contribution in [1.29, 1.82) is 0 Å². The predicted octanol–water partition coefficient (Wildman–Crippen LogP) is 1.71. The topological polar surface area (TPSA) is 89.7 Å². The zero-order valence-electron chi connectivity index (χ0n) is 11.6. The lowest BCUT2D eigenvalue weighted by molar-refractivity contribution is -0.199. The fourth-order valence-corrected chi connectivity index (χ4v) is 2.80. The molecule has 0 bridgehead atoms. The number of rotatable bonds is 6. The molecule has 0 radical (unpaired) electrons. The molecular formula is C12H15F3N2O4S. The van der Waals surface area contributed by atoms with Gasteiger partial charge in [0.05, 0.1) is 11.4 Å². The summed E-state index contributed by atoms with van der Waals surface area (Å²) in [7, 11) is -4.24. The lowest BCUT2D eigenvalue weighted by Gasteiger charge is -2.23. The third-order valence-corrected chi connectivity index (χ3v) is 4.21. The standard InChI is InChI=1S/C12H15F3N2O4S/c1-2-7-22(19,20)17(21-11(18)12(13,14)15)10-5-3-9(8-16)4-6-10/h3-6H,2,7-8,16H2,1H3. The summed E-state index contributed by atoms with van der Waals surface area (Å²) in [5.74, 6) is -3.09. The van der Waals surface area contributed by atoms with Crippen molar-refractivity contribution in [3.63, 3.8) is 0 Å². The molecule has 0 unspecified atom stereocenters. The fourth-order valence-electron chi connectivity index (χ4n) is 1.49. The Balaban J connectivity index is 3.18. The second-order valence-corrected chi connectivity index (χ2v) is 6.19. The van der Waals surface area contributed by atoms with E-state index in [9.17, 15) is 26.4 Å². The van der Waals surface area contributed by atoms with Gasteiger partial charge in [0, 0.05) is 6.54 Å². The first kappa shape index (κ1) is 18.2. The molecule has 0 spiro atoms. The van der Waals surface area contributed by atoms with Crippen LogP contribution in [0.3, 0.4) is 0 Å². The molecule has 1 aromatic carbocycles. The van der Waals surface area contributed by atoms with E-state index in [0.717, 1.165) is 0 Å².